The van der Waals surface area contributed by atoms with Crippen molar-refractivity contribution in [1.82, 2.24) is 9.55 Å². The molecule has 8 nitrogen and oxygen atoms in total. The fraction of sp³-hybridized carbons (Fsp3) is 0.389. The highest BCUT2D eigenvalue weighted by Gasteiger charge is 2.42. The van der Waals surface area contributed by atoms with Crippen molar-refractivity contribution in [3.63, 3.8) is 0 Å². The summed E-state index contributed by atoms with van der Waals surface area (Å²) in [6.45, 7) is 2.29. The average Bonchev–Trinajstić information content (AvgIpc) is 3.21. The lowest BCUT2D eigenvalue weighted by atomic mass is 10.1. The van der Waals surface area contributed by atoms with Gasteiger partial charge in [0.05, 0.1) is 23.1 Å². The van der Waals surface area contributed by atoms with Gasteiger partial charge in [-0.15, -0.1) is 0 Å². The predicted octanol–water partition coefficient (Wildman–Crippen LogP) is 2.62. The summed E-state index contributed by atoms with van der Waals surface area (Å²) >= 11 is 4.98. The smallest absolute Gasteiger partial charge is 0.416 e. The second-order valence-corrected chi connectivity index (χ2v) is 7.26. The van der Waals surface area contributed by atoms with Crippen molar-refractivity contribution in [3.05, 3.63) is 24.4 Å². The van der Waals surface area contributed by atoms with E-state index in [0.29, 0.717) is 35.3 Å². The molecule has 1 saturated heterocycles. The Balaban J connectivity index is 1.68. The Kier molecular flexibility index (Phi) is 4.99. The number of cyclic esters (lactones) is 1. The SMILES string of the molecule is C[C@H](Nc1ccc2c(c1)OCCn1cc(N3C(=O)OC[C@H]3C(F)F)nc1-2)C(N)=S. The van der Waals surface area contributed by atoms with Crippen molar-refractivity contribution in [1.29, 1.82) is 0 Å². The van der Waals surface area contributed by atoms with E-state index in [1.807, 2.05) is 19.1 Å². The van der Waals surface area contributed by atoms with Crippen molar-refractivity contribution in [2.24, 2.45) is 5.73 Å². The first kappa shape index (κ1) is 19.4. The standard InChI is InChI=1S/C18H19F2N5O3S/c1-9(16(21)29)22-10-2-3-11-13(6-10)27-5-4-24-7-14(23-17(11)24)25-12(15(19)20)8-28-18(25)26/h2-3,6-7,9,12,15,22H,4-5,8H2,1H3,(H2,21,29)/t9-,12-/m0/s1. The van der Waals surface area contributed by atoms with E-state index in [1.165, 1.54) is 0 Å². The predicted molar refractivity (Wildman–Crippen MR) is 107 cm³/mol. The van der Waals surface area contributed by atoms with Gasteiger partial charge in [-0.2, -0.15) is 0 Å². The molecule has 0 aliphatic carbocycles. The number of carbonyl (C=O) groups is 1. The summed E-state index contributed by atoms with van der Waals surface area (Å²) in [6, 6.07) is 3.89. The molecule has 0 radical (unpaired) electrons. The quantitative estimate of drug-likeness (QED) is 0.714. The molecule has 2 aromatic rings. The molecule has 1 aromatic heterocycles. The zero-order valence-corrected chi connectivity index (χ0v) is 16.3. The number of alkyl halides is 2. The summed E-state index contributed by atoms with van der Waals surface area (Å²) in [7, 11) is 0. The van der Waals surface area contributed by atoms with Crippen molar-refractivity contribution in [3.8, 4) is 17.1 Å². The molecular formula is C18H19F2N5O3S. The normalized spacial score (nSPS) is 19.1. The molecule has 1 aromatic carbocycles. The van der Waals surface area contributed by atoms with Crippen LogP contribution >= 0.6 is 12.2 Å². The van der Waals surface area contributed by atoms with Crippen LogP contribution in [0.5, 0.6) is 5.75 Å². The minimum Gasteiger partial charge on any atom is -0.491 e. The maximum atomic E-state index is 13.3. The number of thiocarbonyl (C=S) groups is 1. The number of carbonyl (C=O) groups excluding carboxylic acids is 1. The van der Waals surface area contributed by atoms with Crippen LogP contribution in [0.1, 0.15) is 6.92 Å². The van der Waals surface area contributed by atoms with E-state index < -0.39 is 18.6 Å². The van der Waals surface area contributed by atoms with Crippen LogP contribution < -0.4 is 20.7 Å². The molecule has 4 rings (SSSR count). The summed E-state index contributed by atoms with van der Waals surface area (Å²) in [5, 5.41) is 3.18. The number of rotatable bonds is 5. The molecular weight excluding hydrogens is 404 g/mol. The van der Waals surface area contributed by atoms with Crippen LogP contribution in [0.3, 0.4) is 0 Å². The largest absolute Gasteiger partial charge is 0.491 e. The van der Waals surface area contributed by atoms with E-state index in [1.54, 1.807) is 16.8 Å². The van der Waals surface area contributed by atoms with E-state index in [9.17, 15) is 13.6 Å². The Bertz CT molecular complexity index is 967. The summed E-state index contributed by atoms with van der Waals surface area (Å²) < 4.78 is 39.0. The molecule has 2 atom stereocenters. The molecule has 1 fully saturated rings. The van der Waals surface area contributed by atoms with Gasteiger partial charge in [-0.3, -0.25) is 0 Å². The molecule has 11 heteroatoms. The van der Waals surface area contributed by atoms with Crippen LogP contribution in [0, 0.1) is 0 Å². The van der Waals surface area contributed by atoms with Gasteiger partial charge in [-0.25, -0.2) is 23.5 Å². The number of benzene rings is 1. The molecule has 1 amide bonds. The third-order valence-electron chi connectivity index (χ3n) is 4.83. The highest BCUT2D eigenvalue weighted by atomic mass is 32.1. The molecule has 0 unspecified atom stereocenters. The Morgan fingerprint density at radius 1 is 1.41 bits per heavy atom. The maximum absolute atomic E-state index is 13.3. The average molecular weight is 423 g/mol. The Hall–Kier alpha value is -2.95. The van der Waals surface area contributed by atoms with Crippen molar-refractivity contribution in [2.45, 2.75) is 32.0 Å². The van der Waals surface area contributed by atoms with E-state index in [4.69, 9.17) is 27.4 Å². The lowest BCUT2D eigenvalue weighted by molar-refractivity contribution is 0.104. The van der Waals surface area contributed by atoms with Gasteiger partial charge in [0, 0.05) is 18.0 Å². The number of nitrogens with one attached hydrogen (secondary N) is 1. The minimum absolute atomic E-state index is 0.130. The van der Waals surface area contributed by atoms with E-state index in [-0.39, 0.29) is 18.5 Å². The Labute approximate surface area is 170 Å². The molecule has 2 aliphatic heterocycles. The molecule has 0 bridgehead atoms. The van der Waals surface area contributed by atoms with Crippen LogP contribution in [-0.4, -0.2) is 52.4 Å². The van der Waals surface area contributed by atoms with Crippen molar-refractivity contribution >= 4 is 34.8 Å². The number of nitrogens with two attached hydrogens (primary N) is 1. The first-order valence-electron chi connectivity index (χ1n) is 8.99. The van der Waals surface area contributed by atoms with Crippen molar-refractivity contribution < 1.29 is 23.0 Å². The fourth-order valence-electron chi connectivity index (χ4n) is 3.28. The topological polar surface area (TPSA) is 94.6 Å². The van der Waals surface area contributed by atoms with E-state index >= 15 is 0 Å². The molecule has 3 N–H and O–H groups in total. The lowest BCUT2D eigenvalue weighted by Crippen LogP contribution is -2.38. The van der Waals surface area contributed by atoms with Crippen LogP contribution in [0.25, 0.3) is 11.4 Å². The van der Waals surface area contributed by atoms with Gasteiger partial charge in [-0.05, 0) is 19.1 Å². The highest BCUT2D eigenvalue weighted by molar-refractivity contribution is 7.80. The number of ether oxygens (including phenoxy) is 2. The van der Waals surface area contributed by atoms with Gasteiger partial charge in [0.2, 0.25) is 0 Å². The zero-order valence-electron chi connectivity index (χ0n) is 15.5. The molecule has 154 valence electrons. The number of amides is 1. The third-order valence-corrected chi connectivity index (χ3v) is 5.18. The van der Waals surface area contributed by atoms with Gasteiger partial charge in [-0.1, -0.05) is 12.2 Å². The molecule has 2 aliphatic rings. The van der Waals surface area contributed by atoms with E-state index in [0.717, 1.165) is 10.6 Å². The maximum Gasteiger partial charge on any atom is 0.416 e. The summed E-state index contributed by atoms with van der Waals surface area (Å²) in [6.07, 6.45) is -1.99. The first-order chi connectivity index (χ1) is 13.8. The van der Waals surface area contributed by atoms with E-state index in [2.05, 4.69) is 10.3 Å². The highest BCUT2D eigenvalue weighted by Crippen LogP contribution is 2.36. The first-order valence-corrected chi connectivity index (χ1v) is 9.40. The summed E-state index contributed by atoms with van der Waals surface area (Å²) in [5.41, 5.74) is 7.10. The molecule has 0 saturated carbocycles. The number of hydrogen-bond donors (Lipinski definition) is 2. The Morgan fingerprint density at radius 2 is 2.21 bits per heavy atom. The number of fused-ring (bicyclic) bond motifs is 3. The van der Waals surface area contributed by atoms with Crippen LogP contribution in [0.2, 0.25) is 0 Å². The molecule has 0 spiro atoms. The number of imidazole rings is 1. The van der Waals surface area contributed by atoms with Crippen LogP contribution in [0.15, 0.2) is 24.4 Å². The Morgan fingerprint density at radius 3 is 2.93 bits per heavy atom. The van der Waals surface area contributed by atoms with Gasteiger partial charge in [0.1, 0.15) is 30.8 Å². The third kappa shape index (κ3) is 3.57. The summed E-state index contributed by atoms with van der Waals surface area (Å²) in [4.78, 5) is 17.7. The number of anilines is 2. The van der Waals surface area contributed by atoms with Gasteiger partial charge in [0.25, 0.3) is 6.43 Å². The number of halogens is 2. The second kappa shape index (κ2) is 7.47. The van der Waals surface area contributed by atoms with Crippen LogP contribution in [0.4, 0.5) is 25.1 Å². The molecule has 3 heterocycles. The minimum atomic E-state index is -2.73. The molecule has 29 heavy (non-hydrogen) atoms. The lowest BCUT2D eigenvalue weighted by Gasteiger charge is -2.18. The fourth-order valence-corrected chi connectivity index (χ4v) is 3.34. The zero-order chi connectivity index (χ0) is 20.7. The van der Waals surface area contributed by atoms with Gasteiger partial charge >= 0.3 is 6.09 Å². The monoisotopic (exact) mass is 423 g/mol. The number of aromatic nitrogens is 2. The number of nitrogens with zero attached hydrogens (tertiary/aromatic N) is 3. The van der Waals surface area contributed by atoms with Gasteiger partial charge in [0.15, 0.2) is 5.82 Å². The van der Waals surface area contributed by atoms with Crippen molar-refractivity contribution in [2.75, 3.05) is 23.4 Å². The second-order valence-electron chi connectivity index (χ2n) is 6.79. The number of hydrogen-bond acceptors (Lipinski definition) is 6. The van der Waals surface area contributed by atoms with Gasteiger partial charge < -0.3 is 25.1 Å². The van der Waals surface area contributed by atoms with Crippen LogP contribution in [-0.2, 0) is 11.3 Å². The summed E-state index contributed by atoms with van der Waals surface area (Å²) in [5.74, 6) is 1.23.